The number of aromatic nitrogens is 2. The Morgan fingerprint density at radius 2 is 2.32 bits per heavy atom. The lowest BCUT2D eigenvalue weighted by atomic mass is 10.2. The molecule has 0 amide bonds. The molecule has 1 aromatic heterocycles. The SMILES string of the molecule is CCCn1nc(C)c([N+](=O)[O-])c1OC1CCCC1N. The van der Waals surface area contributed by atoms with E-state index in [2.05, 4.69) is 5.10 Å². The van der Waals surface area contributed by atoms with E-state index in [4.69, 9.17) is 10.5 Å². The fraction of sp³-hybridized carbons (Fsp3) is 0.750. The molecule has 0 saturated heterocycles. The molecule has 1 aliphatic rings. The molecule has 0 aromatic carbocycles. The summed E-state index contributed by atoms with van der Waals surface area (Å²) in [5.74, 6) is 0.256. The van der Waals surface area contributed by atoms with Gasteiger partial charge in [-0.15, -0.1) is 0 Å². The molecule has 1 fully saturated rings. The molecule has 0 spiro atoms. The van der Waals surface area contributed by atoms with Gasteiger partial charge in [0.05, 0.1) is 4.92 Å². The van der Waals surface area contributed by atoms with Crippen LogP contribution in [0, 0.1) is 17.0 Å². The maximum absolute atomic E-state index is 11.2. The van der Waals surface area contributed by atoms with Crippen LogP contribution < -0.4 is 10.5 Å². The Morgan fingerprint density at radius 3 is 2.84 bits per heavy atom. The summed E-state index contributed by atoms with van der Waals surface area (Å²) in [5, 5.41) is 15.4. The minimum Gasteiger partial charge on any atom is -0.468 e. The normalized spacial score (nSPS) is 22.7. The van der Waals surface area contributed by atoms with E-state index in [9.17, 15) is 10.1 Å². The molecule has 0 radical (unpaired) electrons. The van der Waals surface area contributed by atoms with Gasteiger partial charge in [0.1, 0.15) is 11.8 Å². The summed E-state index contributed by atoms with van der Waals surface area (Å²) in [6.07, 6.45) is 3.44. The molecule has 2 N–H and O–H groups in total. The van der Waals surface area contributed by atoms with E-state index in [1.54, 1.807) is 11.6 Å². The van der Waals surface area contributed by atoms with Gasteiger partial charge >= 0.3 is 5.69 Å². The molecular weight excluding hydrogens is 248 g/mol. The first-order chi connectivity index (χ1) is 9.04. The van der Waals surface area contributed by atoms with Gasteiger partial charge < -0.3 is 10.5 Å². The van der Waals surface area contributed by atoms with Crippen molar-refractivity contribution in [2.24, 2.45) is 5.73 Å². The predicted molar refractivity (Wildman–Crippen MR) is 70.2 cm³/mol. The van der Waals surface area contributed by atoms with Crippen LogP contribution in [0.1, 0.15) is 38.3 Å². The van der Waals surface area contributed by atoms with Crippen molar-refractivity contribution in [3.63, 3.8) is 0 Å². The van der Waals surface area contributed by atoms with Gasteiger partial charge in [-0.3, -0.25) is 10.1 Å². The number of rotatable bonds is 5. The van der Waals surface area contributed by atoms with Crippen LogP contribution in [0.15, 0.2) is 0 Å². The first kappa shape index (κ1) is 13.8. The van der Waals surface area contributed by atoms with Crippen molar-refractivity contribution >= 4 is 5.69 Å². The van der Waals surface area contributed by atoms with Crippen molar-refractivity contribution in [2.75, 3.05) is 0 Å². The molecule has 2 unspecified atom stereocenters. The second-order valence-corrected chi connectivity index (χ2v) is 4.97. The number of ether oxygens (including phenoxy) is 1. The Kier molecular flexibility index (Phi) is 4.04. The van der Waals surface area contributed by atoms with E-state index >= 15 is 0 Å². The number of nitrogens with two attached hydrogens (primary N) is 1. The highest BCUT2D eigenvalue weighted by Gasteiger charge is 2.32. The molecule has 2 rings (SSSR count). The molecule has 1 saturated carbocycles. The standard InChI is InChI=1S/C12H20N4O3/c1-3-7-15-12(11(16(17)18)8(2)14-15)19-10-6-4-5-9(10)13/h9-10H,3-7,13H2,1-2H3. The lowest BCUT2D eigenvalue weighted by Gasteiger charge is -2.17. The van der Waals surface area contributed by atoms with Crippen LogP contribution in [0.3, 0.4) is 0 Å². The van der Waals surface area contributed by atoms with Gasteiger partial charge in [0.25, 0.3) is 5.88 Å². The summed E-state index contributed by atoms with van der Waals surface area (Å²) in [6.45, 7) is 4.23. The van der Waals surface area contributed by atoms with E-state index < -0.39 is 4.92 Å². The van der Waals surface area contributed by atoms with Crippen LogP contribution in [-0.2, 0) is 6.54 Å². The summed E-state index contributed by atoms with van der Waals surface area (Å²) in [7, 11) is 0. The number of nitro groups is 1. The fourth-order valence-corrected chi connectivity index (χ4v) is 2.49. The number of hydrogen-bond donors (Lipinski definition) is 1. The van der Waals surface area contributed by atoms with E-state index in [1.165, 1.54) is 0 Å². The average molecular weight is 268 g/mol. The number of hydrogen-bond acceptors (Lipinski definition) is 5. The Labute approximate surface area is 111 Å². The zero-order valence-electron chi connectivity index (χ0n) is 11.3. The van der Waals surface area contributed by atoms with E-state index in [0.29, 0.717) is 12.2 Å². The monoisotopic (exact) mass is 268 g/mol. The number of nitrogens with zero attached hydrogens (tertiary/aromatic N) is 3. The van der Waals surface area contributed by atoms with Crippen molar-refractivity contribution < 1.29 is 9.66 Å². The zero-order chi connectivity index (χ0) is 14.0. The highest BCUT2D eigenvalue weighted by Crippen LogP contribution is 2.33. The Morgan fingerprint density at radius 1 is 1.58 bits per heavy atom. The molecule has 106 valence electrons. The van der Waals surface area contributed by atoms with Crippen LogP contribution in [0.4, 0.5) is 5.69 Å². The summed E-state index contributed by atoms with van der Waals surface area (Å²) in [4.78, 5) is 10.7. The maximum atomic E-state index is 11.2. The van der Waals surface area contributed by atoms with Gasteiger partial charge in [-0.1, -0.05) is 6.92 Å². The summed E-state index contributed by atoms with van der Waals surface area (Å²) >= 11 is 0. The zero-order valence-corrected chi connectivity index (χ0v) is 11.3. The van der Waals surface area contributed by atoms with E-state index in [-0.39, 0.29) is 23.7 Å². The van der Waals surface area contributed by atoms with Crippen molar-refractivity contribution in [3.05, 3.63) is 15.8 Å². The Bertz CT molecular complexity index is 472. The van der Waals surface area contributed by atoms with Gasteiger partial charge in [0.15, 0.2) is 0 Å². The molecule has 0 aliphatic heterocycles. The van der Waals surface area contributed by atoms with Gasteiger partial charge in [0.2, 0.25) is 0 Å². The summed E-state index contributed by atoms with van der Waals surface area (Å²) in [5.41, 5.74) is 6.31. The number of aryl methyl sites for hydroxylation is 2. The third-order valence-corrected chi connectivity index (χ3v) is 3.44. The first-order valence-electron chi connectivity index (χ1n) is 6.68. The van der Waals surface area contributed by atoms with Crippen LogP contribution in [-0.4, -0.2) is 26.8 Å². The molecule has 7 nitrogen and oxygen atoms in total. The smallest absolute Gasteiger partial charge is 0.353 e. The Hall–Kier alpha value is -1.63. The van der Waals surface area contributed by atoms with Crippen LogP contribution in [0.25, 0.3) is 0 Å². The first-order valence-corrected chi connectivity index (χ1v) is 6.68. The van der Waals surface area contributed by atoms with Crippen LogP contribution >= 0.6 is 0 Å². The van der Waals surface area contributed by atoms with Gasteiger partial charge in [-0.25, -0.2) is 4.68 Å². The summed E-state index contributed by atoms with van der Waals surface area (Å²) < 4.78 is 7.40. The van der Waals surface area contributed by atoms with Crippen molar-refractivity contribution in [1.82, 2.24) is 9.78 Å². The van der Waals surface area contributed by atoms with Crippen molar-refractivity contribution in [3.8, 4) is 5.88 Å². The van der Waals surface area contributed by atoms with E-state index in [0.717, 1.165) is 25.7 Å². The topological polar surface area (TPSA) is 96.2 Å². The van der Waals surface area contributed by atoms with Gasteiger partial charge in [-0.2, -0.15) is 5.10 Å². The van der Waals surface area contributed by atoms with E-state index in [1.807, 2.05) is 6.92 Å². The highest BCUT2D eigenvalue weighted by molar-refractivity contribution is 5.46. The Balaban J connectivity index is 2.32. The maximum Gasteiger partial charge on any atom is 0.353 e. The minimum atomic E-state index is -0.426. The van der Waals surface area contributed by atoms with Gasteiger partial charge in [0, 0.05) is 12.6 Å². The molecule has 1 aromatic rings. The lowest BCUT2D eigenvalue weighted by Crippen LogP contribution is -2.34. The molecule has 1 heterocycles. The molecule has 19 heavy (non-hydrogen) atoms. The predicted octanol–water partition coefficient (Wildman–Crippen LogP) is 1.77. The largest absolute Gasteiger partial charge is 0.468 e. The van der Waals surface area contributed by atoms with Crippen molar-refractivity contribution in [1.29, 1.82) is 0 Å². The molecule has 7 heteroatoms. The lowest BCUT2D eigenvalue weighted by molar-refractivity contribution is -0.386. The molecule has 2 atom stereocenters. The third kappa shape index (κ3) is 2.70. The van der Waals surface area contributed by atoms with Gasteiger partial charge in [-0.05, 0) is 32.6 Å². The fourth-order valence-electron chi connectivity index (χ4n) is 2.49. The third-order valence-electron chi connectivity index (χ3n) is 3.44. The van der Waals surface area contributed by atoms with Crippen LogP contribution in [0.5, 0.6) is 5.88 Å². The average Bonchev–Trinajstić information content (AvgIpc) is 2.85. The molecular formula is C12H20N4O3. The van der Waals surface area contributed by atoms with Crippen LogP contribution in [0.2, 0.25) is 0 Å². The second kappa shape index (κ2) is 5.56. The summed E-state index contributed by atoms with van der Waals surface area (Å²) in [6, 6.07) is -0.0510. The quantitative estimate of drug-likeness (QED) is 0.648. The van der Waals surface area contributed by atoms with Crippen molar-refractivity contribution in [2.45, 2.75) is 58.2 Å². The molecule has 0 bridgehead atoms. The molecule has 1 aliphatic carbocycles. The highest BCUT2D eigenvalue weighted by atomic mass is 16.6. The minimum absolute atomic E-state index is 0.0347. The second-order valence-electron chi connectivity index (χ2n) is 4.97.